The van der Waals surface area contributed by atoms with Crippen molar-refractivity contribution in [3.05, 3.63) is 29.8 Å². The molecule has 1 aromatic carbocycles. The van der Waals surface area contributed by atoms with Crippen LogP contribution in [-0.4, -0.2) is 49.0 Å². The van der Waals surface area contributed by atoms with Crippen molar-refractivity contribution in [2.24, 2.45) is 5.92 Å². The molecule has 0 spiro atoms. The molecule has 1 amide bonds. The second kappa shape index (κ2) is 9.13. The van der Waals surface area contributed by atoms with E-state index in [1.165, 1.54) is 25.0 Å². The van der Waals surface area contributed by atoms with E-state index in [2.05, 4.69) is 16.6 Å². The number of benzene rings is 1. The summed E-state index contributed by atoms with van der Waals surface area (Å²) in [6.07, 6.45) is 4.76. The second-order valence-electron chi connectivity index (χ2n) is 7.10. The van der Waals surface area contributed by atoms with E-state index in [-0.39, 0.29) is 11.7 Å². The molecule has 2 rings (SSSR count). The lowest BCUT2D eigenvalue weighted by Crippen LogP contribution is -2.42. The number of carbonyl (C=O) groups is 1. The van der Waals surface area contributed by atoms with Gasteiger partial charge in [-0.15, -0.1) is 0 Å². The van der Waals surface area contributed by atoms with Gasteiger partial charge in [0.25, 0.3) is 0 Å². The van der Waals surface area contributed by atoms with Gasteiger partial charge in [-0.1, -0.05) is 19.1 Å². The summed E-state index contributed by atoms with van der Waals surface area (Å²) in [5, 5.41) is 0. The first-order valence-electron chi connectivity index (χ1n) is 8.83. The third-order valence-electron chi connectivity index (χ3n) is 4.99. The van der Waals surface area contributed by atoms with E-state index in [0.717, 1.165) is 24.3 Å². The number of hydrogen-bond donors (Lipinski definition) is 0. The number of alkyl halides is 2. The number of likely N-dealkylation sites (N-methyl/N-ethyl adjacent to an activating group) is 2. The van der Waals surface area contributed by atoms with Crippen molar-refractivity contribution in [3.8, 4) is 5.75 Å². The number of ether oxygens (including phenoxy) is 1. The number of halogens is 2. The Balaban J connectivity index is 1.81. The van der Waals surface area contributed by atoms with Crippen molar-refractivity contribution in [3.63, 3.8) is 0 Å². The summed E-state index contributed by atoms with van der Waals surface area (Å²) in [6.45, 7) is 0.312. The molecule has 0 aromatic heterocycles. The van der Waals surface area contributed by atoms with Gasteiger partial charge in [0.1, 0.15) is 5.75 Å². The minimum atomic E-state index is -2.83. The fourth-order valence-electron chi connectivity index (χ4n) is 3.28. The maximum absolute atomic E-state index is 12.4. The minimum absolute atomic E-state index is 0.0639. The molecule has 1 aromatic rings. The fourth-order valence-corrected chi connectivity index (χ4v) is 3.28. The first-order valence-corrected chi connectivity index (χ1v) is 8.83. The third kappa shape index (κ3) is 6.27. The lowest BCUT2D eigenvalue weighted by molar-refractivity contribution is -0.132. The van der Waals surface area contributed by atoms with E-state index in [1.807, 2.05) is 7.05 Å². The molecule has 0 heterocycles. The molecule has 0 bridgehead atoms. The Hall–Kier alpha value is -1.69. The van der Waals surface area contributed by atoms with E-state index >= 15 is 0 Å². The highest BCUT2D eigenvalue weighted by molar-refractivity contribution is 5.78. The second-order valence-corrected chi connectivity index (χ2v) is 7.10. The molecule has 1 aliphatic carbocycles. The molecule has 0 saturated heterocycles. The zero-order chi connectivity index (χ0) is 18.4. The lowest BCUT2D eigenvalue weighted by atomic mass is 9.87. The van der Waals surface area contributed by atoms with Crippen LogP contribution in [0.3, 0.4) is 0 Å². The summed E-state index contributed by atoms with van der Waals surface area (Å²) >= 11 is 0. The predicted octanol–water partition coefficient (Wildman–Crippen LogP) is 3.76. The molecule has 0 aliphatic heterocycles. The number of carbonyl (C=O) groups excluding carboxylic acids is 1. The Morgan fingerprint density at radius 1 is 1.16 bits per heavy atom. The molecule has 0 radical (unpaired) electrons. The fraction of sp³-hybridized carbons (Fsp3) is 0.632. The zero-order valence-corrected chi connectivity index (χ0v) is 15.3. The Morgan fingerprint density at radius 3 is 2.32 bits per heavy atom. The van der Waals surface area contributed by atoms with Crippen molar-refractivity contribution >= 4 is 5.91 Å². The van der Waals surface area contributed by atoms with Crippen LogP contribution in [0.4, 0.5) is 8.78 Å². The summed E-state index contributed by atoms with van der Waals surface area (Å²) in [5.41, 5.74) is 0.881. The average molecular weight is 354 g/mol. The maximum Gasteiger partial charge on any atom is 0.387 e. The van der Waals surface area contributed by atoms with E-state index in [0.29, 0.717) is 19.1 Å². The van der Waals surface area contributed by atoms with Gasteiger partial charge in [0.15, 0.2) is 0 Å². The Bertz CT molecular complexity index is 543. The molecule has 4 nitrogen and oxygen atoms in total. The highest BCUT2D eigenvalue weighted by Gasteiger charge is 2.23. The normalized spacial score (nSPS) is 20.8. The molecular weight excluding hydrogens is 326 g/mol. The van der Waals surface area contributed by atoms with Crippen LogP contribution in [0.15, 0.2) is 24.3 Å². The van der Waals surface area contributed by atoms with E-state index < -0.39 is 6.61 Å². The van der Waals surface area contributed by atoms with Gasteiger partial charge in [-0.2, -0.15) is 8.78 Å². The van der Waals surface area contributed by atoms with Gasteiger partial charge in [-0.05, 0) is 56.3 Å². The van der Waals surface area contributed by atoms with Crippen LogP contribution < -0.4 is 4.74 Å². The van der Waals surface area contributed by atoms with E-state index in [1.54, 1.807) is 24.1 Å². The molecule has 25 heavy (non-hydrogen) atoms. The van der Waals surface area contributed by atoms with Gasteiger partial charge in [0, 0.05) is 19.6 Å². The standard InChI is InChI=1S/C19H28F2N2O2/c1-14-4-8-16(9-5-14)22(2)13-18(24)23(3)12-15-6-10-17(11-7-15)25-19(20)21/h6-7,10-11,14,16,19H,4-5,8-9,12-13H2,1-3H3. The van der Waals surface area contributed by atoms with Crippen LogP contribution in [0.1, 0.15) is 38.2 Å². The van der Waals surface area contributed by atoms with Gasteiger partial charge >= 0.3 is 6.61 Å². The molecule has 0 N–H and O–H groups in total. The van der Waals surface area contributed by atoms with E-state index in [4.69, 9.17) is 0 Å². The number of nitrogens with zero attached hydrogens (tertiary/aromatic N) is 2. The van der Waals surface area contributed by atoms with Crippen LogP contribution in [0.2, 0.25) is 0 Å². The molecule has 6 heteroatoms. The van der Waals surface area contributed by atoms with Gasteiger partial charge in [-0.25, -0.2) is 0 Å². The van der Waals surface area contributed by atoms with Crippen LogP contribution in [0.5, 0.6) is 5.75 Å². The number of hydrogen-bond acceptors (Lipinski definition) is 3. The molecule has 0 atom stereocenters. The van der Waals surface area contributed by atoms with Gasteiger partial charge < -0.3 is 9.64 Å². The molecule has 1 fully saturated rings. The monoisotopic (exact) mass is 354 g/mol. The Labute approximate surface area is 148 Å². The third-order valence-corrected chi connectivity index (χ3v) is 4.99. The molecule has 0 unspecified atom stereocenters. The molecular formula is C19H28F2N2O2. The maximum atomic E-state index is 12.4. The minimum Gasteiger partial charge on any atom is -0.435 e. The Morgan fingerprint density at radius 2 is 1.76 bits per heavy atom. The molecule has 140 valence electrons. The molecule has 1 aliphatic rings. The van der Waals surface area contributed by atoms with Crippen LogP contribution in [-0.2, 0) is 11.3 Å². The van der Waals surface area contributed by atoms with Crippen molar-refractivity contribution in [1.82, 2.24) is 9.80 Å². The number of rotatable bonds is 7. The quantitative estimate of drug-likeness (QED) is 0.747. The number of amides is 1. The van der Waals surface area contributed by atoms with Crippen LogP contribution in [0.25, 0.3) is 0 Å². The topological polar surface area (TPSA) is 32.8 Å². The van der Waals surface area contributed by atoms with Crippen molar-refractivity contribution < 1.29 is 18.3 Å². The van der Waals surface area contributed by atoms with Crippen molar-refractivity contribution in [2.45, 2.75) is 51.8 Å². The largest absolute Gasteiger partial charge is 0.435 e. The van der Waals surface area contributed by atoms with Crippen molar-refractivity contribution in [2.75, 3.05) is 20.6 Å². The van der Waals surface area contributed by atoms with Crippen LogP contribution >= 0.6 is 0 Å². The SMILES string of the molecule is CC1CCC(N(C)CC(=O)N(C)Cc2ccc(OC(F)F)cc2)CC1. The lowest BCUT2D eigenvalue weighted by Gasteiger charge is -2.34. The average Bonchev–Trinajstić information content (AvgIpc) is 2.56. The summed E-state index contributed by atoms with van der Waals surface area (Å²) < 4.78 is 28.6. The summed E-state index contributed by atoms with van der Waals surface area (Å²) in [4.78, 5) is 16.3. The first kappa shape index (κ1) is 19.6. The first-order chi connectivity index (χ1) is 11.8. The smallest absolute Gasteiger partial charge is 0.387 e. The van der Waals surface area contributed by atoms with Gasteiger partial charge in [0.05, 0.1) is 6.54 Å². The highest BCUT2D eigenvalue weighted by Crippen LogP contribution is 2.26. The molecule has 1 saturated carbocycles. The van der Waals surface area contributed by atoms with E-state index in [9.17, 15) is 13.6 Å². The summed E-state index contributed by atoms with van der Waals surface area (Å²) in [6, 6.07) is 6.88. The Kier molecular flexibility index (Phi) is 7.17. The van der Waals surface area contributed by atoms with Gasteiger partial charge in [0.2, 0.25) is 5.91 Å². The van der Waals surface area contributed by atoms with Crippen LogP contribution in [0, 0.1) is 5.92 Å². The predicted molar refractivity (Wildman–Crippen MR) is 93.6 cm³/mol. The van der Waals surface area contributed by atoms with Crippen molar-refractivity contribution in [1.29, 1.82) is 0 Å². The highest BCUT2D eigenvalue weighted by atomic mass is 19.3. The summed E-state index contributed by atoms with van der Waals surface area (Å²) in [5.74, 6) is 0.980. The summed E-state index contributed by atoms with van der Waals surface area (Å²) in [7, 11) is 3.78. The zero-order valence-electron chi connectivity index (χ0n) is 15.3. The van der Waals surface area contributed by atoms with Gasteiger partial charge in [-0.3, -0.25) is 9.69 Å².